The molecule has 0 bridgehead atoms. The smallest absolute Gasteiger partial charge is 0.311 e. The predicted molar refractivity (Wildman–Crippen MR) is 122 cm³/mol. The number of Topliss-reactive ketones (excluding diaryl/α,β-unsaturated/α-hetero) is 1. The Morgan fingerprint density at radius 2 is 1.81 bits per heavy atom. The van der Waals surface area contributed by atoms with Gasteiger partial charge in [-0.25, -0.2) is 0 Å². The number of ketones is 1. The zero-order valence-corrected chi connectivity index (χ0v) is 19.7. The van der Waals surface area contributed by atoms with Gasteiger partial charge in [0.05, 0.1) is 19.1 Å². The first-order valence-corrected chi connectivity index (χ1v) is 11.9. The topological polar surface area (TPSA) is 61.8 Å². The van der Waals surface area contributed by atoms with Crippen LogP contribution in [0.25, 0.3) is 0 Å². The van der Waals surface area contributed by atoms with Crippen LogP contribution in [0.4, 0.5) is 0 Å². The van der Waals surface area contributed by atoms with Crippen molar-refractivity contribution in [3.8, 4) is 5.75 Å². The van der Waals surface area contributed by atoms with E-state index in [2.05, 4.69) is 12.2 Å². The van der Waals surface area contributed by atoms with Gasteiger partial charge in [0.15, 0.2) is 0 Å². The quantitative estimate of drug-likeness (QED) is 0.340. The first-order chi connectivity index (χ1) is 15.3. The van der Waals surface area contributed by atoms with E-state index < -0.39 is 5.41 Å². The highest BCUT2D eigenvalue weighted by atomic mass is 16.5. The van der Waals surface area contributed by atoms with E-state index in [9.17, 15) is 9.59 Å². The molecule has 5 nitrogen and oxygen atoms in total. The number of carbonyl (C=O) groups is 2. The van der Waals surface area contributed by atoms with Crippen molar-refractivity contribution >= 4 is 11.8 Å². The Morgan fingerprint density at radius 3 is 2.50 bits per heavy atom. The third-order valence-corrected chi connectivity index (χ3v) is 7.45. The molecule has 1 aromatic carbocycles. The van der Waals surface area contributed by atoms with Crippen LogP contribution < -0.4 is 4.74 Å². The molecule has 3 aliphatic rings. The molecule has 0 unspecified atom stereocenters. The van der Waals surface area contributed by atoms with Gasteiger partial charge in [-0.1, -0.05) is 24.3 Å². The Morgan fingerprint density at radius 1 is 1.06 bits per heavy atom. The number of benzene rings is 1. The molecule has 0 spiro atoms. The van der Waals surface area contributed by atoms with E-state index in [1.54, 1.807) is 7.11 Å². The van der Waals surface area contributed by atoms with Crippen molar-refractivity contribution in [1.29, 1.82) is 0 Å². The number of esters is 1. The van der Waals surface area contributed by atoms with E-state index in [-0.39, 0.29) is 18.0 Å². The summed E-state index contributed by atoms with van der Waals surface area (Å²) in [5.74, 6) is 2.66. The minimum atomic E-state index is -0.480. The first kappa shape index (κ1) is 23.0. The van der Waals surface area contributed by atoms with Gasteiger partial charge in [0.1, 0.15) is 17.6 Å². The van der Waals surface area contributed by atoms with E-state index in [1.165, 1.54) is 0 Å². The summed E-state index contributed by atoms with van der Waals surface area (Å²) in [6.45, 7) is 6.80. The van der Waals surface area contributed by atoms with Crippen molar-refractivity contribution in [2.24, 2.45) is 35.0 Å². The van der Waals surface area contributed by atoms with Crippen LogP contribution in [0.15, 0.2) is 36.4 Å². The molecule has 3 aliphatic carbocycles. The number of hydrogen-bond acceptors (Lipinski definition) is 5. The Bertz CT molecular complexity index is 850. The van der Waals surface area contributed by atoms with E-state index >= 15 is 0 Å². The Balaban J connectivity index is 1.29. The van der Waals surface area contributed by atoms with E-state index in [1.807, 2.05) is 45.0 Å². The highest BCUT2D eigenvalue weighted by Gasteiger charge is 2.51. The van der Waals surface area contributed by atoms with E-state index in [4.69, 9.17) is 14.2 Å². The third-order valence-electron chi connectivity index (χ3n) is 7.45. The largest absolute Gasteiger partial charge is 0.497 e. The Labute approximate surface area is 191 Å². The highest BCUT2D eigenvalue weighted by molar-refractivity contribution is 5.84. The number of fused-ring (bicyclic) bond motifs is 3. The fourth-order valence-corrected chi connectivity index (χ4v) is 5.68. The number of carbonyl (C=O) groups excluding carboxylic acids is 2. The molecule has 1 aromatic rings. The molecule has 2 fully saturated rings. The van der Waals surface area contributed by atoms with Gasteiger partial charge in [-0.3, -0.25) is 9.59 Å². The van der Waals surface area contributed by atoms with Crippen LogP contribution in [-0.4, -0.2) is 31.6 Å². The average Bonchev–Trinajstić information content (AvgIpc) is 3.31. The second-order valence-corrected chi connectivity index (χ2v) is 10.7. The minimum Gasteiger partial charge on any atom is -0.497 e. The van der Waals surface area contributed by atoms with Gasteiger partial charge in [0.25, 0.3) is 0 Å². The van der Waals surface area contributed by atoms with Crippen molar-refractivity contribution in [2.45, 2.75) is 59.2 Å². The van der Waals surface area contributed by atoms with Crippen molar-refractivity contribution in [2.75, 3.05) is 13.7 Å². The Kier molecular flexibility index (Phi) is 6.75. The molecule has 2 saturated carbocycles. The molecular formula is C27H36O5. The molecular weight excluding hydrogens is 404 g/mol. The van der Waals surface area contributed by atoms with Gasteiger partial charge in [0.2, 0.25) is 0 Å². The minimum absolute atomic E-state index is 0.0258. The summed E-state index contributed by atoms with van der Waals surface area (Å²) >= 11 is 0. The molecule has 174 valence electrons. The summed E-state index contributed by atoms with van der Waals surface area (Å²) in [5.41, 5.74) is 0.621. The summed E-state index contributed by atoms with van der Waals surface area (Å²) in [5, 5.41) is 0. The average molecular weight is 441 g/mol. The molecule has 5 heteroatoms. The zero-order valence-electron chi connectivity index (χ0n) is 19.7. The summed E-state index contributed by atoms with van der Waals surface area (Å²) in [6, 6.07) is 7.87. The summed E-state index contributed by atoms with van der Waals surface area (Å²) in [7, 11) is 1.66. The van der Waals surface area contributed by atoms with Crippen molar-refractivity contribution < 1.29 is 23.8 Å². The molecule has 0 saturated heterocycles. The predicted octanol–water partition coefficient (Wildman–Crippen LogP) is 4.98. The fraction of sp³-hybridized carbons (Fsp3) is 0.630. The third kappa shape index (κ3) is 4.93. The molecule has 0 heterocycles. The summed E-state index contributed by atoms with van der Waals surface area (Å²) in [6.07, 6.45) is 7.73. The molecule has 32 heavy (non-hydrogen) atoms. The van der Waals surface area contributed by atoms with Crippen LogP contribution in [0.5, 0.6) is 5.75 Å². The number of ether oxygens (including phenoxy) is 3. The van der Waals surface area contributed by atoms with Gasteiger partial charge in [-0.2, -0.15) is 0 Å². The molecule has 4 rings (SSSR count). The van der Waals surface area contributed by atoms with Crippen LogP contribution >= 0.6 is 0 Å². The lowest BCUT2D eigenvalue weighted by molar-refractivity contribution is -0.158. The molecule has 0 amide bonds. The number of rotatable bonds is 7. The number of methoxy groups -OCH3 is 1. The lowest BCUT2D eigenvalue weighted by atomic mass is 9.71. The Hall–Kier alpha value is -2.14. The zero-order chi connectivity index (χ0) is 22.9. The maximum absolute atomic E-state index is 12.9. The van der Waals surface area contributed by atoms with Crippen LogP contribution in [0.3, 0.4) is 0 Å². The number of allylic oxidation sites excluding steroid dienone is 2. The second-order valence-electron chi connectivity index (χ2n) is 10.7. The standard InChI is InChI=1S/C27H36O5/c1-27(2,3)26(29)32-20-13-18-7-10-21-22(25(28)15-24(21)23(18)14-20)11-12-31-16-17-5-8-19(30-4)9-6-17/h5-10,18,20-24H,11-16H2,1-4H3/t18-,20-,21+,22-,23-,24-/m1/s1. The van der Waals surface area contributed by atoms with Crippen molar-refractivity contribution in [1.82, 2.24) is 0 Å². The first-order valence-electron chi connectivity index (χ1n) is 11.9. The van der Waals surface area contributed by atoms with Crippen LogP contribution in [0, 0.1) is 35.0 Å². The molecule has 0 N–H and O–H groups in total. The maximum Gasteiger partial charge on any atom is 0.311 e. The lowest BCUT2D eigenvalue weighted by Gasteiger charge is -2.33. The summed E-state index contributed by atoms with van der Waals surface area (Å²) in [4.78, 5) is 25.2. The van der Waals surface area contributed by atoms with Crippen molar-refractivity contribution in [3.63, 3.8) is 0 Å². The highest BCUT2D eigenvalue weighted by Crippen LogP contribution is 2.53. The molecule has 0 radical (unpaired) electrons. The van der Waals surface area contributed by atoms with Gasteiger partial charge in [-0.05, 0) is 81.4 Å². The van der Waals surface area contributed by atoms with Crippen LogP contribution in [0.2, 0.25) is 0 Å². The van der Waals surface area contributed by atoms with Gasteiger partial charge >= 0.3 is 5.97 Å². The van der Waals surface area contributed by atoms with Crippen LogP contribution in [-0.2, 0) is 25.7 Å². The molecule has 0 aromatic heterocycles. The molecule has 0 aliphatic heterocycles. The van der Waals surface area contributed by atoms with Gasteiger partial charge in [-0.15, -0.1) is 0 Å². The SMILES string of the molecule is COc1ccc(COCC[C@H]2C(=O)C[C@@H]3[C@H]2C=C[C@@H]2C[C@@H](OC(=O)C(C)(C)C)C[C@@H]32)cc1. The summed E-state index contributed by atoms with van der Waals surface area (Å²) < 4.78 is 16.9. The van der Waals surface area contributed by atoms with Gasteiger partial charge in [0, 0.05) is 18.9 Å². The lowest BCUT2D eigenvalue weighted by Crippen LogP contribution is -2.28. The maximum atomic E-state index is 12.9. The fourth-order valence-electron chi connectivity index (χ4n) is 5.68. The second kappa shape index (κ2) is 9.38. The van der Waals surface area contributed by atoms with Crippen LogP contribution in [0.1, 0.15) is 52.0 Å². The van der Waals surface area contributed by atoms with Gasteiger partial charge < -0.3 is 14.2 Å². The number of hydrogen-bond donors (Lipinski definition) is 0. The monoisotopic (exact) mass is 440 g/mol. The van der Waals surface area contributed by atoms with E-state index in [0.29, 0.717) is 49.1 Å². The van der Waals surface area contributed by atoms with E-state index in [0.717, 1.165) is 30.6 Å². The van der Waals surface area contributed by atoms with Crippen molar-refractivity contribution in [3.05, 3.63) is 42.0 Å². The normalized spacial score (nSPS) is 31.3. The molecule has 6 atom stereocenters.